The smallest absolute Gasteiger partial charge is 0.338 e. The zero-order chi connectivity index (χ0) is 15.7. The highest BCUT2D eigenvalue weighted by atomic mass is 35.5. The third-order valence-corrected chi connectivity index (χ3v) is 8.59. The number of aromatic carboxylic acids is 1. The first-order valence-corrected chi connectivity index (χ1v) is 9.59. The fourth-order valence-electron chi connectivity index (χ4n) is 1.34. The first-order valence-electron chi connectivity index (χ1n) is 6.31. The molecular formula is C14H20ClFO3Si. The zero-order valence-electron chi connectivity index (χ0n) is 12.4. The van der Waals surface area contributed by atoms with Crippen LogP contribution in [0.1, 0.15) is 36.7 Å². The topological polar surface area (TPSA) is 46.5 Å². The van der Waals surface area contributed by atoms with E-state index in [4.69, 9.17) is 21.1 Å². The Morgan fingerprint density at radius 1 is 1.40 bits per heavy atom. The van der Waals surface area contributed by atoms with Crippen LogP contribution in [0.3, 0.4) is 0 Å². The van der Waals surface area contributed by atoms with Crippen LogP contribution in [0.2, 0.25) is 23.2 Å². The first-order chi connectivity index (χ1) is 8.95. The molecule has 0 aromatic heterocycles. The maximum Gasteiger partial charge on any atom is 0.338 e. The van der Waals surface area contributed by atoms with Gasteiger partial charge in [0.15, 0.2) is 8.32 Å². The van der Waals surface area contributed by atoms with E-state index in [9.17, 15) is 9.18 Å². The third kappa shape index (κ3) is 3.81. The summed E-state index contributed by atoms with van der Waals surface area (Å²) in [6.45, 7) is 10.7. The Bertz CT molecular complexity index is 524. The lowest BCUT2D eigenvalue weighted by Gasteiger charge is -2.36. The normalized spacial score (nSPS) is 12.6. The van der Waals surface area contributed by atoms with E-state index in [0.717, 1.165) is 12.1 Å². The van der Waals surface area contributed by atoms with Gasteiger partial charge in [0.05, 0.1) is 12.2 Å². The van der Waals surface area contributed by atoms with Crippen LogP contribution >= 0.6 is 11.6 Å². The summed E-state index contributed by atoms with van der Waals surface area (Å²) in [5, 5.41) is 9.08. The fourth-order valence-corrected chi connectivity index (χ4v) is 2.50. The van der Waals surface area contributed by atoms with E-state index < -0.39 is 25.7 Å². The van der Waals surface area contributed by atoms with E-state index in [-0.39, 0.29) is 16.7 Å². The van der Waals surface area contributed by atoms with Gasteiger partial charge in [-0.15, -0.1) is 0 Å². The highest BCUT2D eigenvalue weighted by molar-refractivity contribution is 6.74. The van der Waals surface area contributed by atoms with Crippen LogP contribution in [-0.2, 0) is 11.0 Å². The molecule has 0 aliphatic rings. The Kier molecular flexibility index (Phi) is 5.00. The molecular weight excluding hydrogens is 299 g/mol. The van der Waals surface area contributed by atoms with Crippen LogP contribution in [0, 0.1) is 5.82 Å². The lowest BCUT2D eigenvalue weighted by atomic mass is 10.1. The molecule has 0 saturated carbocycles. The van der Waals surface area contributed by atoms with Gasteiger partial charge in [-0.05, 0) is 35.8 Å². The van der Waals surface area contributed by atoms with Crippen molar-refractivity contribution in [3.05, 3.63) is 34.1 Å². The highest BCUT2D eigenvalue weighted by Crippen LogP contribution is 2.37. The van der Waals surface area contributed by atoms with Crippen molar-refractivity contribution in [1.82, 2.24) is 0 Å². The molecule has 0 saturated heterocycles. The second kappa shape index (κ2) is 5.83. The van der Waals surface area contributed by atoms with Gasteiger partial charge in [0, 0.05) is 5.02 Å². The van der Waals surface area contributed by atoms with Crippen LogP contribution in [0.5, 0.6) is 0 Å². The molecule has 0 bridgehead atoms. The molecule has 0 radical (unpaired) electrons. The fraction of sp³-hybridized carbons (Fsp3) is 0.500. The summed E-state index contributed by atoms with van der Waals surface area (Å²) in [4.78, 5) is 10.8. The van der Waals surface area contributed by atoms with Crippen molar-refractivity contribution in [2.24, 2.45) is 0 Å². The second-order valence-electron chi connectivity index (χ2n) is 6.28. The maximum absolute atomic E-state index is 13.7. The molecule has 0 aliphatic heterocycles. The van der Waals surface area contributed by atoms with Gasteiger partial charge in [-0.1, -0.05) is 32.4 Å². The molecule has 20 heavy (non-hydrogen) atoms. The summed E-state index contributed by atoms with van der Waals surface area (Å²) < 4.78 is 19.6. The third-order valence-electron chi connectivity index (χ3n) is 3.76. The molecule has 1 aromatic carbocycles. The number of carboxylic acids is 1. The molecule has 3 nitrogen and oxygen atoms in total. The van der Waals surface area contributed by atoms with Crippen LogP contribution in [-0.4, -0.2) is 19.4 Å². The molecule has 0 amide bonds. The average Bonchev–Trinajstić information content (AvgIpc) is 2.28. The van der Waals surface area contributed by atoms with Crippen LogP contribution in [0.15, 0.2) is 12.1 Å². The van der Waals surface area contributed by atoms with Crippen LogP contribution in [0.25, 0.3) is 0 Å². The summed E-state index contributed by atoms with van der Waals surface area (Å²) in [5.41, 5.74) is 0.0464. The standard InChI is InChI=1S/C14H20ClFO3Si/c1-14(2,3)20(4,5)19-8-9-6-12(16)10(13(17)18)7-11(9)15/h6-7H,8H2,1-5H3,(H,17,18). The monoisotopic (exact) mass is 318 g/mol. The van der Waals surface area contributed by atoms with Gasteiger partial charge >= 0.3 is 5.97 Å². The number of benzene rings is 1. The van der Waals surface area contributed by atoms with E-state index in [1.807, 2.05) is 0 Å². The molecule has 0 heterocycles. The van der Waals surface area contributed by atoms with E-state index in [1.165, 1.54) is 0 Å². The molecule has 1 aromatic rings. The quantitative estimate of drug-likeness (QED) is 0.818. The van der Waals surface area contributed by atoms with Gasteiger partial charge in [0.25, 0.3) is 0 Å². The van der Waals surface area contributed by atoms with Crippen molar-refractivity contribution in [3.8, 4) is 0 Å². The molecule has 0 aliphatic carbocycles. The van der Waals surface area contributed by atoms with Crippen molar-refractivity contribution >= 4 is 25.9 Å². The van der Waals surface area contributed by atoms with Crippen molar-refractivity contribution in [3.63, 3.8) is 0 Å². The van der Waals surface area contributed by atoms with Gasteiger partial charge in [0.1, 0.15) is 5.82 Å². The number of rotatable bonds is 4. The summed E-state index contributed by atoms with van der Waals surface area (Å²) >= 11 is 5.99. The van der Waals surface area contributed by atoms with Crippen molar-refractivity contribution < 1.29 is 18.7 Å². The number of halogens is 2. The van der Waals surface area contributed by atoms with Gasteiger partial charge in [0.2, 0.25) is 0 Å². The van der Waals surface area contributed by atoms with Crippen molar-refractivity contribution in [1.29, 1.82) is 0 Å². The lowest BCUT2D eigenvalue weighted by Crippen LogP contribution is -2.40. The number of carboxylic acid groups (broad SMARTS) is 1. The van der Waals surface area contributed by atoms with Gasteiger partial charge < -0.3 is 9.53 Å². The highest BCUT2D eigenvalue weighted by Gasteiger charge is 2.37. The van der Waals surface area contributed by atoms with E-state index >= 15 is 0 Å². The number of hydrogen-bond donors (Lipinski definition) is 1. The Morgan fingerprint density at radius 2 is 1.95 bits per heavy atom. The SMILES string of the molecule is CC(C)(C)[Si](C)(C)OCc1cc(F)c(C(=O)O)cc1Cl. The van der Waals surface area contributed by atoms with E-state index in [2.05, 4.69) is 33.9 Å². The second-order valence-corrected chi connectivity index (χ2v) is 11.5. The van der Waals surface area contributed by atoms with Gasteiger partial charge in [-0.3, -0.25) is 0 Å². The lowest BCUT2D eigenvalue weighted by molar-refractivity contribution is 0.0691. The van der Waals surface area contributed by atoms with E-state index in [1.54, 1.807) is 0 Å². The Morgan fingerprint density at radius 3 is 2.40 bits per heavy atom. The summed E-state index contributed by atoms with van der Waals surface area (Å²) in [6, 6.07) is 2.27. The minimum atomic E-state index is -1.96. The summed E-state index contributed by atoms with van der Waals surface area (Å²) in [7, 11) is -1.96. The summed E-state index contributed by atoms with van der Waals surface area (Å²) in [5.74, 6) is -2.13. The minimum absolute atomic E-state index is 0.0407. The van der Waals surface area contributed by atoms with Crippen molar-refractivity contribution in [2.75, 3.05) is 0 Å². The molecule has 0 spiro atoms. The average molecular weight is 319 g/mol. The van der Waals surface area contributed by atoms with Crippen LogP contribution < -0.4 is 0 Å². The predicted molar refractivity (Wildman–Crippen MR) is 80.4 cm³/mol. The van der Waals surface area contributed by atoms with Crippen LogP contribution in [0.4, 0.5) is 4.39 Å². The largest absolute Gasteiger partial charge is 0.478 e. The Labute approximate surface area is 124 Å². The summed E-state index contributed by atoms with van der Waals surface area (Å²) in [6.07, 6.45) is 0. The molecule has 0 atom stereocenters. The van der Waals surface area contributed by atoms with Crippen molar-refractivity contribution in [2.45, 2.75) is 45.5 Å². The molecule has 1 rings (SSSR count). The number of carbonyl (C=O) groups is 1. The molecule has 0 fully saturated rings. The molecule has 6 heteroatoms. The molecule has 0 unspecified atom stereocenters. The van der Waals surface area contributed by atoms with Gasteiger partial charge in [-0.25, -0.2) is 9.18 Å². The minimum Gasteiger partial charge on any atom is -0.478 e. The Hall–Kier alpha value is -0.913. The van der Waals surface area contributed by atoms with E-state index in [0.29, 0.717) is 5.56 Å². The first kappa shape index (κ1) is 17.1. The molecule has 112 valence electrons. The van der Waals surface area contributed by atoms with Gasteiger partial charge in [-0.2, -0.15) is 0 Å². The number of hydrogen-bond acceptors (Lipinski definition) is 2. The maximum atomic E-state index is 13.7. The molecule has 1 N–H and O–H groups in total. The predicted octanol–water partition coefficient (Wildman–Crippen LogP) is 4.70. The zero-order valence-corrected chi connectivity index (χ0v) is 14.1. The Balaban J connectivity index is 2.96.